The maximum absolute atomic E-state index is 11.2. The monoisotopic (exact) mass is 196 g/mol. The summed E-state index contributed by atoms with van der Waals surface area (Å²) in [5, 5.41) is 0. The van der Waals surface area contributed by atoms with Crippen molar-refractivity contribution in [3.8, 4) is 0 Å². The lowest BCUT2D eigenvalue weighted by Crippen LogP contribution is -2.27. The van der Waals surface area contributed by atoms with Crippen molar-refractivity contribution in [2.75, 3.05) is 0 Å². The van der Waals surface area contributed by atoms with Crippen LogP contribution in [0.5, 0.6) is 0 Å². The zero-order valence-corrected chi connectivity index (χ0v) is 8.71. The van der Waals surface area contributed by atoms with Gasteiger partial charge in [-0.25, -0.2) is 4.79 Å². The van der Waals surface area contributed by atoms with E-state index in [0.717, 1.165) is 18.6 Å². The van der Waals surface area contributed by atoms with Gasteiger partial charge in [-0.05, 0) is 20.3 Å². The first kappa shape index (κ1) is 10.8. The molecule has 78 valence electrons. The highest BCUT2D eigenvalue weighted by atomic mass is 16.6. The Morgan fingerprint density at radius 3 is 2.79 bits per heavy atom. The number of hydrogen-bond donors (Lipinski definition) is 0. The molecule has 3 heteroatoms. The van der Waals surface area contributed by atoms with Gasteiger partial charge in [0.2, 0.25) is 0 Å². The molecule has 0 bridgehead atoms. The van der Waals surface area contributed by atoms with Crippen LogP contribution >= 0.6 is 0 Å². The number of esters is 1. The van der Waals surface area contributed by atoms with Crippen molar-refractivity contribution in [1.82, 2.24) is 0 Å². The number of allylic oxidation sites excluding steroid dienone is 1. The molecule has 1 saturated heterocycles. The number of ether oxygens (including phenoxy) is 2. The first-order valence-electron chi connectivity index (χ1n) is 4.71. The molecule has 14 heavy (non-hydrogen) atoms. The van der Waals surface area contributed by atoms with E-state index in [9.17, 15) is 4.79 Å². The van der Waals surface area contributed by atoms with E-state index >= 15 is 0 Å². The van der Waals surface area contributed by atoms with Crippen molar-refractivity contribution in [2.24, 2.45) is 0 Å². The summed E-state index contributed by atoms with van der Waals surface area (Å²) in [4.78, 5) is 11.2. The van der Waals surface area contributed by atoms with Gasteiger partial charge in [-0.1, -0.05) is 13.2 Å². The summed E-state index contributed by atoms with van der Waals surface area (Å²) in [5.41, 5.74) is 0.411. The number of rotatable bonds is 3. The number of carbonyl (C=O) groups is 1. The topological polar surface area (TPSA) is 35.5 Å². The quantitative estimate of drug-likeness (QED) is 0.512. The Bertz CT molecular complexity index is 268. The largest absolute Gasteiger partial charge is 0.492 e. The molecule has 1 heterocycles. The molecule has 0 aromatic carbocycles. The molecule has 0 aromatic rings. The van der Waals surface area contributed by atoms with Crippen molar-refractivity contribution < 1.29 is 14.3 Å². The minimum Gasteiger partial charge on any atom is -0.492 e. The molecule has 1 rings (SSSR count). The molecule has 0 radical (unpaired) electrons. The molecule has 2 atom stereocenters. The SMILES string of the molecule is C=C1CCC(C(C)OC(=O)C(=C)C)O1. The molecule has 3 nitrogen and oxygen atoms in total. The Morgan fingerprint density at radius 2 is 2.36 bits per heavy atom. The Hall–Kier alpha value is -1.25. The zero-order chi connectivity index (χ0) is 10.7. The summed E-state index contributed by atoms with van der Waals surface area (Å²) in [7, 11) is 0. The van der Waals surface area contributed by atoms with Crippen molar-refractivity contribution >= 4 is 5.97 Å². The van der Waals surface area contributed by atoms with Crippen LogP contribution < -0.4 is 0 Å². The van der Waals surface area contributed by atoms with Crippen LogP contribution in [-0.4, -0.2) is 18.2 Å². The smallest absolute Gasteiger partial charge is 0.333 e. The highest BCUT2D eigenvalue weighted by Crippen LogP contribution is 2.25. The number of carbonyl (C=O) groups excluding carboxylic acids is 1. The molecule has 0 aromatic heterocycles. The van der Waals surface area contributed by atoms with Crippen LogP contribution in [-0.2, 0) is 14.3 Å². The minimum atomic E-state index is -0.362. The molecule has 1 aliphatic heterocycles. The molecule has 0 N–H and O–H groups in total. The van der Waals surface area contributed by atoms with Gasteiger partial charge >= 0.3 is 5.97 Å². The van der Waals surface area contributed by atoms with Gasteiger partial charge in [-0.15, -0.1) is 0 Å². The standard InChI is InChI=1S/C11H16O3/c1-7(2)11(12)14-9(4)10-6-5-8(3)13-10/h9-10H,1,3,5-6H2,2,4H3. The molecular weight excluding hydrogens is 180 g/mol. The van der Waals surface area contributed by atoms with Gasteiger partial charge in [0.1, 0.15) is 12.2 Å². The van der Waals surface area contributed by atoms with Gasteiger partial charge in [0.05, 0.1) is 5.76 Å². The third-order valence-corrected chi connectivity index (χ3v) is 2.19. The first-order valence-corrected chi connectivity index (χ1v) is 4.71. The van der Waals surface area contributed by atoms with Gasteiger partial charge in [-0.2, -0.15) is 0 Å². The van der Waals surface area contributed by atoms with Crippen molar-refractivity contribution in [3.05, 3.63) is 24.5 Å². The Morgan fingerprint density at radius 1 is 1.71 bits per heavy atom. The molecule has 0 saturated carbocycles. The van der Waals surface area contributed by atoms with E-state index in [0.29, 0.717) is 5.57 Å². The second-order valence-electron chi connectivity index (χ2n) is 3.62. The summed E-state index contributed by atoms with van der Waals surface area (Å²) in [6.45, 7) is 10.7. The van der Waals surface area contributed by atoms with Crippen LogP contribution in [0.1, 0.15) is 26.7 Å². The van der Waals surface area contributed by atoms with Gasteiger partial charge in [0, 0.05) is 12.0 Å². The highest BCUT2D eigenvalue weighted by molar-refractivity contribution is 5.87. The Balaban J connectivity index is 2.42. The van der Waals surface area contributed by atoms with Gasteiger partial charge < -0.3 is 9.47 Å². The average molecular weight is 196 g/mol. The van der Waals surface area contributed by atoms with Crippen LogP contribution in [0.25, 0.3) is 0 Å². The van der Waals surface area contributed by atoms with Crippen LogP contribution in [0.4, 0.5) is 0 Å². The third kappa shape index (κ3) is 2.62. The summed E-state index contributed by atoms with van der Waals surface area (Å²) < 4.78 is 10.5. The fourth-order valence-corrected chi connectivity index (χ4v) is 1.31. The number of hydrogen-bond acceptors (Lipinski definition) is 3. The molecule has 0 spiro atoms. The fraction of sp³-hybridized carbons (Fsp3) is 0.545. The average Bonchev–Trinajstić information content (AvgIpc) is 2.51. The maximum Gasteiger partial charge on any atom is 0.333 e. The van der Waals surface area contributed by atoms with Gasteiger partial charge in [0.25, 0.3) is 0 Å². The van der Waals surface area contributed by atoms with E-state index in [1.54, 1.807) is 6.92 Å². The molecule has 1 fully saturated rings. The summed E-state index contributed by atoms with van der Waals surface area (Å²) in [6.07, 6.45) is 1.42. The lowest BCUT2D eigenvalue weighted by molar-refractivity contribution is -0.148. The van der Waals surface area contributed by atoms with Gasteiger partial charge in [0.15, 0.2) is 0 Å². The lowest BCUT2D eigenvalue weighted by Gasteiger charge is -2.19. The molecule has 0 aliphatic carbocycles. The van der Waals surface area contributed by atoms with Crippen LogP contribution in [0.15, 0.2) is 24.5 Å². The van der Waals surface area contributed by atoms with Crippen molar-refractivity contribution in [3.63, 3.8) is 0 Å². The van der Waals surface area contributed by atoms with Crippen LogP contribution in [0.2, 0.25) is 0 Å². The Kier molecular flexibility index (Phi) is 3.33. The zero-order valence-electron chi connectivity index (χ0n) is 8.71. The predicted molar refractivity (Wildman–Crippen MR) is 53.6 cm³/mol. The highest BCUT2D eigenvalue weighted by Gasteiger charge is 2.27. The maximum atomic E-state index is 11.2. The second-order valence-corrected chi connectivity index (χ2v) is 3.62. The summed E-state index contributed by atoms with van der Waals surface area (Å²) in [5.74, 6) is 0.409. The van der Waals surface area contributed by atoms with Crippen molar-refractivity contribution in [1.29, 1.82) is 0 Å². The van der Waals surface area contributed by atoms with E-state index < -0.39 is 0 Å². The fourth-order valence-electron chi connectivity index (χ4n) is 1.31. The minimum absolute atomic E-state index is 0.0502. The van der Waals surface area contributed by atoms with E-state index in [-0.39, 0.29) is 18.2 Å². The normalized spacial score (nSPS) is 22.7. The van der Waals surface area contributed by atoms with Crippen LogP contribution in [0, 0.1) is 0 Å². The summed E-state index contributed by atoms with van der Waals surface area (Å²) in [6, 6.07) is 0. The lowest BCUT2D eigenvalue weighted by atomic mass is 10.1. The first-order chi connectivity index (χ1) is 6.50. The van der Waals surface area contributed by atoms with E-state index in [4.69, 9.17) is 9.47 Å². The molecular formula is C11H16O3. The second kappa shape index (κ2) is 4.31. The van der Waals surface area contributed by atoms with Gasteiger partial charge in [-0.3, -0.25) is 0 Å². The predicted octanol–water partition coefficient (Wildman–Crippen LogP) is 2.19. The van der Waals surface area contributed by atoms with E-state index in [1.165, 1.54) is 0 Å². The van der Waals surface area contributed by atoms with Crippen molar-refractivity contribution in [2.45, 2.75) is 38.9 Å². The van der Waals surface area contributed by atoms with E-state index in [1.807, 2.05) is 6.92 Å². The van der Waals surface area contributed by atoms with Crippen LogP contribution in [0.3, 0.4) is 0 Å². The summed E-state index contributed by atoms with van der Waals surface area (Å²) >= 11 is 0. The molecule has 0 amide bonds. The molecule has 1 aliphatic rings. The molecule has 2 unspecified atom stereocenters. The Labute approximate surface area is 84.4 Å². The van der Waals surface area contributed by atoms with E-state index in [2.05, 4.69) is 13.2 Å². The third-order valence-electron chi connectivity index (χ3n) is 2.19.